The molecule has 1 aromatic heterocycles. The molecule has 0 fully saturated rings. The lowest BCUT2D eigenvalue weighted by Crippen LogP contribution is -2.19. The third kappa shape index (κ3) is 3.20. The molecule has 10 rings (SSSR count). The lowest BCUT2D eigenvalue weighted by molar-refractivity contribution is 0.266. The SMILES string of the molecule is C1=CC2Oc3ccccc3C2c2c1oc1c(-c3c4ccccc4c(-c4cccc5ccccc45)c4ccccc34)cccc21. The molecule has 44 heavy (non-hydrogen) atoms. The average molecular weight is 563 g/mol. The van der Waals surface area contributed by atoms with Gasteiger partial charge in [-0.1, -0.05) is 127 Å². The molecule has 7 aromatic carbocycles. The van der Waals surface area contributed by atoms with Gasteiger partial charge in [0, 0.05) is 27.6 Å². The van der Waals surface area contributed by atoms with Crippen molar-refractivity contribution in [2.75, 3.05) is 0 Å². The molecule has 206 valence electrons. The summed E-state index contributed by atoms with van der Waals surface area (Å²) in [5, 5.41) is 8.59. The fourth-order valence-corrected chi connectivity index (χ4v) is 7.84. The molecule has 2 heterocycles. The Morgan fingerprint density at radius 2 is 1.05 bits per heavy atom. The average Bonchev–Trinajstić information content (AvgIpc) is 3.65. The number of furan rings is 1. The first kappa shape index (κ1) is 23.9. The lowest BCUT2D eigenvalue weighted by Gasteiger charge is -2.20. The van der Waals surface area contributed by atoms with Crippen LogP contribution in [0.3, 0.4) is 0 Å². The summed E-state index contributed by atoms with van der Waals surface area (Å²) in [6.07, 6.45) is 4.23. The van der Waals surface area contributed by atoms with E-state index in [0.29, 0.717) is 0 Å². The van der Waals surface area contributed by atoms with E-state index in [-0.39, 0.29) is 12.0 Å². The molecule has 0 amide bonds. The van der Waals surface area contributed by atoms with Gasteiger partial charge in [-0.05, 0) is 61.7 Å². The number of hydrogen-bond acceptors (Lipinski definition) is 2. The maximum atomic E-state index is 6.83. The number of ether oxygens (including phenoxy) is 1. The van der Waals surface area contributed by atoms with Gasteiger partial charge in [0.1, 0.15) is 23.2 Å². The van der Waals surface area contributed by atoms with E-state index in [4.69, 9.17) is 9.15 Å². The topological polar surface area (TPSA) is 22.4 Å². The van der Waals surface area contributed by atoms with Crippen LogP contribution in [-0.4, -0.2) is 6.10 Å². The molecule has 0 spiro atoms. The van der Waals surface area contributed by atoms with E-state index >= 15 is 0 Å². The standard InChI is InChI=1S/C42H26O2/c1-2-13-26-25(11-1)12-9-19-27(26)38-28-14-3-5-16-30(28)39(31-17-6-4-15-29(31)38)33-20-10-21-34-41-37(44-42(33)34)24-23-36-40(41)32-18-7-8-22-35(32)43-36/h1-24,36,40H. The highest BCUT2D eigenvalue weighted by atomic mass is 16.5. The molecule has 0 saturated heterocycles. The van der Waals surface area contributed by atoms with Crippen LogP contribution < -0.4 is 4.74 Å². The third-order valence-electron chi connectivity index (χ3n) is 9.64. The second kappa shape index (κ2) is 8.95. The van der Waals surface area contributed by atoms with Crippen molar-refractivity contribution in [1.82, 2.24) is 0 Å². The van der Waals surface area contributed by atoms with E-state index < -0.39 is 0 Å². The Labute approximate surface area is 254 Å². The van der Waals surface area contributed by atoms with E-state index in [0.717, 1.165) is 28.0 Å². The van der Waals surface area contributed by atoms with Gasteiger partial charge in [0.25, 0.3) is 0 Å². The predicted molar refractivity (Wildman–Crippen MR) is 181 cm³/mol. The summed E-state index contributed by atoms with van der Waals surface area (Å²) >= 11 is 0. The fraction of sp³-hybridized carbons (Fsp3) is 0.0476. The van der Waals surface area contributed by atoms with Gasteiger partial charge in [-0.2, -0.15) is 0 Å². The van der Waals surface area contributed by atoms with E-state index in [2.05, 4.69) is 140 Å². The van der Waals surface area contributed by atoms with Crippen LogP contribution in [0.2, 0.25) is 0 Å². The van der Waals surface area contributed by atoms with Crippen LogP contribution in [0.25, 0.3) is 71.6 Å². The van der Waals surface area contributed by atoms with Crippen molar-refractivity contribution in [2.45, 2.75) is 12.0 Å². The Bertz CT molecular complexity index is 2430. The minimum absolute atomic E-state index is 0.0222. The minimum atomic E-state index is -0.0222. The van der Waals surface area contributed by atoms with Gasteiger partial charge in [-0.3, -0.25) is 0 Å². The smallest absolute Gasteiger partial charge is 0.142 e. The van der Waals surface area contributed by atoms with Gasteiger partial charge in [-0.25, -0.2) is 0 Å². The van der Waals surface area contributed by atoms with Crippen LogP contribution in [-0.2, 0) is 0 Å². The van der Waals surface area contributed by atoms with Crippen molar-refractivity contribution in [1.29, 1.82) is 0 Å². The van der Waals surface area contributed by atoms with Crippen molar-refractivity contribution in [3.63, 3.8) is 0 Å². The zero-order chi connectivity index (χ0) is 28.8. The third-order valence-corrected chi connectivity index (χ3v) is 9.64. The van der Waals surface area contributed by atoms with Crippen LogP contribution in [0, 0.1) is 0 Å². The number of fused-ring (bicyclic) bond motifs is 10. The second-order valence-corrected chi connectivity index (χ2v) is 11.9. The van der Waals surface area contributed by atoms with E-state index in [9.17, 15) is 0 Å². The Morgan fingerprint density at radius 1 is 0.477 bits per heavy atom. The Balaban J connectivity index is 1.30. The molecule has 8 aromatic rings. The molecule has 1 aliphatic carbocycles. The second-order valence-electron chi connectivity index (χ2n) is 11.9. The van der Waals surface area contributed by atoms with Gasteiger partial charge in [-0.15, -0.1) is 0 Å². The largest absolute Gasteiger partial charge is 0.485 e. The molecule has 1 aliphatic heterocycles. The van der Waals surface area contributed by atoms with Crippen LogP contribution >= 0.6 is 0 Å². The maximum Gasteiger partial charge on any atom is 0.142 e. The van der Waals surface area contributed by atoms with Crippen LogP contribution in [0.4, 0.5) is 0 Å². The normalized spacial score (nSPS) is 16.7. The van der Waals surface area contributed by atoms with Crippen molar-refractivity contribution in [2.24, 2.45) is 0 Å². The summed E-state index contributed by atoms with van der Waals surface area (Å²) < 4.78 is 13.2. The van der Waals surface area contributed by atoms with Gasteiger partial charge in [0.05, 0.1) is 5.92 Å². The first-order valence-electron chi connectivity index (χ1n) is 15.3. The van der Waals surface area contributed by atoms with Crippen molar-refractivity contribution in [3.8, 4) is 28.0 Å². The highest BCUT2D eigenvalue weighted by Gasteiger charge is 2.40. The molecular weight excluding hydrogens is 536 g/mol. The van der Waals surface area contributed by atoms with Crippen LogP contribution in [0.5, 0.6) is 5.75 Å². The quantitative estimate of drug-likeness (QED) is 0.196. The molecular formula is C42H26O2. The molecule has 0 bridgehead atoms. The predicted octanol–water partition coefficient (Wildman–Crippen LogP) is 11.1. The van der Waals surface area contributed by atoms with E-state index in [1.807, 2.05) is 6.07 Å². The highest BCUT2D eigenvalue weighted by molar-refractivity contribution is 6.25. The van der Waals surface area contributed by atoms with E-state index in [1.54, 1.807) is 0 Å². The summed E-state index contributed by atoms with van der Waals surface area (Å²) in [7, 11) is 0. The van der Waals surface area contributed by atoms with Gasteiger partial charge in [0.2, 0.25) is 0 Å². The monoisotopic (exact) mass is 562 g/mol. The molecule has 2 aliphatic rings. The molecule has 0 radical (unpaired) electrons. The summed E-state index contributed by atoms with van der Waals surface area (Å²) in [5.41, 5.74) is 8.23. The lowest BCUT2D eigenvalue weighted by atomic mass is 9.82. The highest BCUT2D eigenvalue weighted by Crippen LogP contribution is 2.52. The molecule has 2 heteroatoms. The van der Waals surface area contributed by atoms with E-state index in [1.165, 1.54) is 60.1 Å². The zero-order valence-corrected chi connectivity index (χ0v) is 23.8. The summed E-state index contributed by atoms with van der Waals surface area (Å²) in [4.78, 5) is 0. The van der Waals surface area contributed by atoms with Crippen LogP contribution in [0.15, 0.2) is 144 Å². The van der Waals surface area contributed by atoms with Crippen molar-refractivity contribution >= 4 is 49.4 Å². The molecule has 2 atom stereocenters. The molecule has 2 nitrogen and oxygen atoms in total. The number of benzene rings is 7. The van der Waals surface area contributed by atoms with Crippen LogP contribution in [0.1, 0.15) is 22.8 Å². The van der Waals surface area contributed by atoms with Gasteiger partial charge >= 0.3 is 0 Å². The number of hydrogen-bond donors (Lipinski definition) is 0. The first-order valence-corrected chi connectivity index (χ1v) is 15.3. The summed E-state index contributed by atoms with van der Waals surface area (Å²) in [5.74, 6) is 2.01. The number of rotatable bonds is 2. The zero-order valence-electron chi connectivity index (χ0n) is 23.8. The van der Waals surface area contributed by atoms with Crippen molar-refractivity contribution in [3.05, 3.63) is 156 Å². The number of para-hydroxylation sites is 2. The molecule has 2 unspecified atom stereocenters. The summed E-state index contributed by atoms with van der Waals surface area (Å²) in [6.45, 7) is 0. The van der Waals surface area contributed by atoms with Gasteiger partial charge < -0.3 is 9.15 Å². The van der Waals surface area contributed by atoms with Crippen molar-refractivity contribution < 1.29 is 9.15 Å². The fourth-order valence-electron chi connectivity index (χ4n) is 7.84. The minimum Gasteiger partial charge on any atom is -0.485 e. The Hall–Kier alpha value is -5.60. The molecule has 0 N–H and O–H groups in total. The Kier molecular flexibility index (Phi) is 4.86. The summed E-state index contributed by atoms with van der Waals surface area (Å²) in [6, 6.07) is 48.1. The molecule has 0 saturated carbocycles. The first-order chi connectivity index (χ1) is 21.8. The Morgan fingerprint density at radius 3 is 1.82 bits per heavy atom. The van der Waals surface area contributed by atoms with Gasteiger partial charge in [0.15, 0.2) is 0 Å². The maximum absolute atomic E-state index is 6.83.